The maximum atomic E-state index is 12.7. The van der Waals surface area contributed by atoms with Gasteiger partial charge < -0.3 is 10.2 Å². The van der Waals surface area contributed by atoms with Crippen LogP contribution in [-0.4, -0.2) is 23.8 Å². The van der Waals surface area contributed by atoms with E-state index in [9.17, 15) is 9.59 Å². The molecular weight excluding hydrogens is 360 g/mol. The van der Waals surface area contributed by atoms with E-state index in [1.165, 1.54) is 0 Å². The number of anilines is 1. The molecule has 3 aromatic rings. The summed E-state index contributed by atoms with van der Waals surface area (Å²) < 4.78 is 0. The van der Waals surface area contributed by atoms with Gasteiger partial charge in [-0.15, -0.1) is 0 Å². The Morgan fingerprint density at radius 2 is 1.59 bits per heavy atom. The second-order valence-electron chi connectivity index (χ2n) is 6.19. The fourth-order valence-corrected chi connectivity index (χ4v) is 2.90. The Bertz CT molecular complexity index is 957. The van der Waals surface area contributed by atoms with Crippen LogP contribution in [0.3, 0.4) is 0 Å². The highest BCUT2D eigenvalue weighted by atomic mass is 35.5. The maximum Gasteiger partial charge on any atom is 0.255 e. The summed E-state index contributed by atoms with van der Waals surface area (Å²) in [4.78, 5) is 26.7. The van der Waals surface area contributed by atoms with Crippen molar-refractivity contribution < 1.29 is 9.59 Å². The average Bonchev–Trinajstić information content (AvgIpc) is 2.68. The van der Waals surface area contributed by atoms with Crippen LogP contribution < -0.4 is 5.32 Å². The minimum absolute atomic E-state index is 0.113. The zero-order chi connectivity index (χ0) is 19.2. The molecule has 0 heterocycles. The molecule has 0 bridgehead atoms. The molecule has 3 aromatic carbocycles. The minimum Gasteiger partial charge on any atom is -0.337 e. The van der Waals surface area contributed by atoms with Gasteiger partial charge in [0.15, 0.2) is 0 Å². The Kier molecular flexibility index (Phi) is 5.89. The molecule has 1 N–H and O–H groups in total. The number of carbonyl (C=O) groups excluding carboxylic acids is 2. The Morgan fingerprint density at radius 1 is 0.889 bits per heavy atom. The molecule has 0 atom stereocenters. The first-order valence-corrected chi connectivity index (χ1v) is 8.87. The fraction of sp³-hybridized carbons (Fsp3) is 0.0909. The van der Waals surface area contributed by atoms with Gasteiger partial charge in [0.05, 0.1) is 0 Å². The summed E-state index contributed by atoms with van der Waals surface area (Å²) in [6, 6.07) is 23.4. The minimum atomic E-state index is -0.278. The third-order valence-electron chi connectivity index (χ3n) is 4.06. The van der Waals surface area contributed by atoms with Gasteiger partial charge in [0.2, 0.25) is 0 Å². The van der Waals surface area contributed by atoms with E-state index in [4.69, 9.17) is 11.6 Å². The summed E-state index contributed by atoms with van der Waals surface area (Å²) in [6.45, 7) is 0.513. The van der Waals surface area contributed by atoms with E-state index in [-0.39, 0.29) is 11.8 Å². The van der Waals surface area contributed by atoms with Gasteiger partial charge in [0.1, 0.15) is 0 Å². The highest BCUT2D eigenvalue weighted by Crippen LogP contribution is 2.16. The molecule has 0 radical (unpaired) electrons. The molecule has 2 amide bonds. The Balaban J connectivity index is 1.71. The van der Waals surface area contributed by atoms with Crippen LogP contribution in [0.15, 0.2) is 78.9 Å². The first-order chi connectivity index (χ1) is 13.0. The largest absolute Gasteiger partial charge is 0.337 e. The first kappa shape index (κ1) is 18.7. The van der Waals surface area contributed by atoms with E-state index in [1.54, 1.807) is 60.5 Å². The molecule has 0 aliphatic carbocycles. The first-order valence-electron chi connectivity index (χ1n) is 8.49. The maximum absolute atomic E-state index is 12.7. The van der Waals surface area contributed by atoms with Crippen molar-refractivity contribution >= 4 is 29.1 Å². The van der Waals surface area contributed by atoms with Crippen LogP contribution in [0, 0.1) is 0 Å². The standard InChI is InChI=1S/C22H19ClN2O2/c1-25(15-16-7-3-2-4-8-16)22(27)18-10-6-12-20(14-18)24-21(26)17-9-5-11-19(23)13-17/h2-14H,15H2,1H3,(H,24,26). The van der Waals surface area contributed by atoms with Crippen LogP contribution in [0.4, 0.5) is 5.69 Å². The Labute approximate surface area is 163 Å². The molecule has 0 fully saturated rings. The van der Waals surface area contributed by atoms with Gasteiger partial charge in [-0.1, -0.05) is 54.1 Å². The summed E-state index contributed by atoms with van der Waals surface area (Å²) in [5.41, 5.74) is 2.58. The summed E-state index contributed by atoms with van der Waals surface area (Å²) in [7, 11) is 1.76. The van der Waals surface area contributed by atoms with E-state index >= 15 is 0 Å². The highest BCUT2D eigenvalue weighted by molar-refractivity contribution is 6.31. The second kappa shape index (κ2) is 8.52. The summed E-state index contributed by atoms with van der Waals surface area (Å²) in [6.07, 6.45) is 0. The Morgan fingerprint density at radius 3 is 2.33 bits per heavy atom. The molecule has 136 valence electrons. The number of benzene rings is 3. The van der Waals surface area contributed by atoms with Crippen LogP contribution >= 0.6 is 11.6 Å². The predicted octanol–water partition coefficient (Wildman–Crippen LogP) is 4.86. The normalized spacial score (nSPS) is 10.3. The third-order valence-corrected chi connectivity index (χ3v) is 4.30. The number of nitrogens with zero attached hydrogens (tertiary/aromatic N) is 1. The quantitative estimate of drug-likeness (QED) is 0.688. The lowest BCUT2D eigenvalue weighted by molar-refractivity contribution is 0.0784. The number of carbonyl (C=O) groups is 2. The summed E-state index contributed by atoms with van der Waals surface area (Å²) >= 11 is 5.93. The zero-order valence-corrected chi connectivity index (χ0v) is 15.6. The van der Waals surface area contributed by atoms with Crippen molar-refractivity contribution in [3.8, 4) is 0 Å². The van der Waals surface area contributed by atoms with Gasteiger partial charge in [-0.3, -0.25) is 9.59 Å². The predicted molar refractivity (Wildman–Crippen MR) is 108 cm³/mol. The number of hydrogen-bond donors (Lipinski definition) is 1. The number of halogens is 1. The van der Waals surface area contributed by atoms with Crippen LogP contribution in [-0.2, 0) is 6.54 Å². The van der Waals surface area contributed by atoms with Crippen molar-refractivity contribution in [2.45, 2.75) is 6.54 Å². The van der Waals surface area contributed by atoms with Gasteiger partial charge in [-0.2, -0.15) is 0 Å². The Hall–Kier alpha value is -3.11. The number of nitrogens with one attached hydrogen (secondary N) is 1. The number of hydrogen-bond acceptors (Lipinski definition) is 2. The van der Waals surface area contributed by atoms with Gasteiger partial charge in [-0.25, -0.2) is 0 Å². The van der Waals surface area contributed by atoms with Gasteiger partial charge in [0.25, 0.3) is 11.8 Å². The van der Waals surface area contributed by atoms with Crippen molar-refractivity contribution in [3.05, 3.63) is 101 Å². The van der Waals surface area contributed by atoms with E-state index in [2.05, 4.69) is 5.32 Å². The zero-order valence-electron chi connectivity index (χ0n) is 14.9. The molecule has 3 rings (SSSR count). The van der Waals surface area contributed by atoms with E-state index in [0.717, 1.165) is 5.56 Å². The lowest BCUT2D eigenvalue weighted by atomic mass is 10.1. The molecule has 0 unspecified atom stereocenters. The van der Waals surface area contributed by atoms with Crippen molar-refractivity contribution in [2.24, 2.45) is 0 Å². The van der Waals surface area contributed by atoms with Gasteiger partial charge >= 0.3 is 0 Å². The molecule has 5 heteroatoms. The summed E-state index contributed by atoms with van der Waals surface area (Å²) in [5, 5.41) is 3.30. The molecule has 27 heavy (non-hydrogen) atoms. The van der Waals surface area contributed by atoms with E-state index in [0.29, 0.717) is 28.4 Å². The molecule has 0 spiro atoms. The molecule has 0 aliphatic rings. The van der Waals surface area contributed by atoms with Gasteiger partial charge in [0, 0.05) is 35.4 Å². The number of amides is 2. The van der Waals surface area contributed by atoms with Crippen LogP contribution in [0.5, 0.6) is 0 Å². The smallest absolute Gasteiger partial charge is 0.255 e. The van der Waals surface area contributed by atoms with E-state index < -0.39 is 0 Å². The van der Waals surface area contributed by atoms with E-state index in [1.807, 2.05) is 30.3 Å². The molecule has 4 nitrogen and oxygen atoms in total. The topological polar surface area (TPSA) is 49.4 Å². The van der Waals surface area contributed by atoms with Crippen molar-refractivity contribution in [2.75, 3.05) is 12.4 Å². The molecular formula is C22H19ClN2O2. The van der Waals surface area contributed by atoms with Crippen molar-refractivity contribution in [3.63, 3.8) is 0 Å². The average molecular weight is 379 g/mol. The number of rotatable bonds is 5. The van der Waals surface area contributed by atoms with Crippen LogP contribution in [0.25, 0.3) is 0 Å². The third kappa shape index (κ3) is 4.96. The molecule has 0 aliphatic heterocycles. The highest BCUT2D eigenvalue weighted by Gasteiger charge is 2.13. The van der Waals surface area contributed by atoms with Gasteiger partial charge in [-0.05, 0) is 42.0 Å². The lowest BCUT2D eigenvalue weighted by Crippen LogP contribution is -2.26. The second-order valence-corrected chi connectivity index (χ2v) is 6.63. The molecule has 0 saturated carbocycles. The monoisotopic (exact) mass is 378 g/mol. The SMILES string of the molecule is CN(Cc1ccccc1)C(=O)c1cccc(NC(=O)c2cccc(Cl)c2)c1. The van der Waals surface area contributed by atoms with Crippen molar-refractivity contribution in [1.82, 2.24) is 4.90 Å². The molecule has 0 saturated heterocycles. The van der Waals surface area contributed by atoms with Crippen LogP contribution in [0.2, 0.25) is 5.02 Å². The molecule has 0 aromatic heterocycles. The van der Waals surface area contributed by atoms with Crippen LogP contribution in [0.1, 0.15) is 26.3 Å². The summed E-state index contributed by atoms with van der Waals surface area (Å²) in [5.74, 6) is -0.391. The lowest BCUT2D eigenvalue weighted by Gasteiger charge is -2.18. The van der Waals surface area contributed by atoms with Crippen molar-refractivity contribution in [1.29, 1.82) is 0 Å². The fourth-order valence-electron chi connectivity index (χ4n) is 2.71.